The van der Waals surface area contributed by atoms with E-state index in [1.54, 1.807) is 30.5 Å². The van der Waals surface area contributed by atoms with Crippen LogP contribution < -0.4 is 10.1 Å². The van der Waals surface area contributed by atoms with Gasteiger partial charge in [-0.2, -0.15) is 5.10 Å². The van der Waals surface area contributed by atoms with Gasteiger partial charge in [-0.25, -0.2) is 4.39 Å². The van der Waals surface area contributed by atoms with Crippen LogP contribution in [0.3, 0.4) is 0 Å². The molecule has 0 aliphatic heterocycles. The van der Waals surface area contributed by atoms with Crippen LogP contribution in [0.15, 0.2) is 65.3 Å². The fourth-order valence-corrected chi connectivity index (χ4v) is 3.52. The second kappa shape index (κ2) is 9.28. The van der Waals surface area contributed by atoms with Crippen molar-refractivity contribution in [3.05, 3.63) is 100.0 Å². The summed E-state index contributed by atoms with van der Waals surface area (Å²) in [4.78, 5) is 12.5. The van der Waals surface area contributed by atoms with E-state index in [4.69, 9.17) is 20.8 Å². The largest absolute Gasteiger partial charge is 0.486 e. The van der Waals surface area contributed by atoms with Gasteiger partial charge in [0.1, 0.15) is 23.9 Å². The summed E-state index contributed by atoms with van der Waals surface area (Å²) in [7, 11) is 0. The molecule has 0 atom stereocenters. The van der Waals surface area contributed by atoms with E-state index in [2.05, 4.69) is 16.5 Å². The van der Waals surface area contributed by atoms with Crippen LogP contribution in [-0.2, 0) is 13.2 Å². The van der Waals surface area contributed by atoms with Crippen molar-refractivity contribution in [2.45, 2.75) is 27.0 Å². The average molecular weight is 454 g/mol. The number of aryl methyl sites for hydroxylation is 2. The Morgan fingerprint density at radius 3 is 2.72 bits per heavy atom. The molecule has 32 heavy (non-hydrogen) atoms. The molecule has 0 saturated heterocycles. The van der Waals surface area contributed by atoms with Crippen molar-refractivity contribution in [1.82, 2.24) is 9.78 Å². The number of carbonyl (C=O) groups excluding carboxylic acids is 1. The van der Waals surface area contributed by atoms with Gasteiger partial charge in [-0.3, -0.25) is 9.48 Å². The minimum absolute atomic E-state index is 0.141. The molecule has 2 heterocycles. The van der Waals surface area contributed by atoms with Crippen molar-refractivity contribution in [3.8, 4) is 5.75 Å². The molecule has 164 valence electrons. The van der Waals surface area contributed by atoms with Crippen LogP contribution in [0.4, 0.5) is 10.1 Å². The highest BCUT2D eigenvalue weighted by Gasteiger charge is 2.14. The Morgan fingerprint density at radius 2 is 1.97 bits per heavy atom. The van der Waals surface area contributed by atoms with Crippen molar-refractivity contribution >= 4 is 23.2 Å². The summed E-state index contributed by atoms with van der Waals surface area (Å²) < 4.78 is 26.8. The van der Waals surface area contributed by atoms with Gasteiger partial charge in [0.15, 0.2) is 5.76 Å². The van der Waals surface area contributed by atoms with Crippen molar-refractivity contribution in [3.63, 3.8) is 0 Å². The summed E-state index contributed by atoms with van der Waals surface area (Å²) in [5, 5.41) is 7.18. The Labute approximate surface area is 189 Å². The SMILES string of the molecule is Cc1cc(C)cc(OCc2ccc(C(=O)Nc3cnn(Cc4c(F)cccc4Cl)c3)o2)c1. The second-order valence-corrected chi connectivity index (χ2v) is 7.87. The number of nitrogens with zero attached hydrogens (tertiary/aromatic N) is 2. The van der Waals surface area contributed by atoms with Gasteiger partial charge < -0.3 is 14.5 Å². The molecular weight excluding hydrogens is 433 g/mol. The third kappa shape index (κ3) is 5.18. The minimum atomic E-state index is -0.425. The fourth-order valence-electron chi connectivity index (χ4n) is 3.30. The van der Waals surface area contributed by atoms with Crippen LogP contribution in [0, 0.1) is 19.7 Å². The highest BCUT2D eigenvalue weighted by atomic mass is 35.5. The molecule has 4 aromatic rings. The predicted octanol–water partition coefficient (Wildman–Crippen LogP) is 5.77. The smallest absolute Gasteiger partial charge is 0.291 e. The van der Waals surface area contributed by atoms with E-state index >= 15 is 0 Å². The normalized spacial score (nSPS) is 10.9. The van der Waals surface area contributed by atoms with Gasteiger partial charge in [-0.15, -0.1) is 0 Å². The van der Waals surface area contributed by atoms with Gasteiger partial charge in [-0.1, -0.05) is 23.7 Å². The molecular formula is C24H21ClFN3O3. The molecule has 0 unspecified atom stereocenters. The molecule has 0 bridgehead atoms. The molecule has 0 fully saturated rings. The lowest BCUT2D eigenvalue weighted by molar-refractivity contribution is 0.0992. The maximum absolute atomic E-state index is 14.0. The number of hydrogen-bond acceptors (Lipinski definition) is 4. The zero-order chi connectivity index (χ0) is 22.7. The summed E-state index contributed by atoms with van der Waals surface area (Å²) in [6.45, 7) is 4.35. The Morgan fingerprint density at radius 1 is 1.19 bits per heavy atom. The van der Waals surface area contributed by atoms with Crippen molar-refractivity contribution in [1.29, 1.82) is 0 Å². The third-order valence-electron chi connectivity index (χ3n) is 4.73. The first kappa shape index (κ1) is 21.6. The number of amides is 1. The van der Waals surface area contributed by atoms with E-state index < -0.39 is 11.7 Å². The first-order chi connectivity index (χ1) is 15.4. The van der Waals surface area contributed by atoms with Gasteiger partial charge in [-0.05, 0) is 61.4 Å². The number of nitrogens with one attached hydrogen (secondary N) is 1. The van der Waals surface area contributed by atoms with Crippen molar-refractivity contribution in [2.24, 2.45) is 0 Å². The van der Waals surface area contributed by atoms with Crippen molar-refractivity contribution in [2.75, 3.05) is 5.32 Å². The second-order valence-electron chi connectivity index (χ2n) is 7.46. The first-order valence-corrected chi connectivity index (χ1v) is 10.3. The number of aromatic nitrogens is 2. The number of anilines is 1. The molecule has 2 aromatic carbocycles. The number of benzene rings is 2. The number of carbonyl (C=O) groups is 1. The van der Waals surface area contributed by atoms with Gasteiger partial charge >= 0.3 is 0 Å². The summed E-state index contributed by atoms with van der Waals surface area (Å²) in [5.41, 5.74) is 3.00. The van der Waals surface area contributed by atoms with Gasteiger partial charge in [0, 0.05) is 16.8 Å². The third-order valence-corrected chi connectivity index (χ3v) is 5.09. The molecule has 1 amide bonds. The topological polar surface area (TPSA) is 69.3 Å². The number of ether oxygens (including phenoxy) is 1. The number of halogens is 2. The van der Waals surface area contributed by atoms with Crippen LogP contribution in [0.1, 0.15) is 33.0 Å². The lowest BCUT2D eigenvalue weighted by atomic mass is 10.1. The van der Waals surface area contributed by atoms with Crippen molar-refractivity contribution < 1.29 is 18.3 Å². The van der Waals surface area contributed by atoms with Crippen LogP contribution in [0.5, 0.6) is 5.75 Å². The molecule has 1 N–H and O–H groups in total. The summed E-state index contributed by atoms with van der Waals surface area (Å²) >= 11 is 6.06. The molecule has 0 spiro atoms. The molecule has 0 radical (unpaired) electrons. The minimum Gasteiger partial charge on any atom is -0.486 e. The lowest BCUT2D eigenvalue weighted by Gasteiger charge is -2.06. The van der Waals surface area contributed by atoms with Crippen LogP contribution in [0.25, 0.3) is 0 Å². The van der Waals surface area contributed by atoms with E-state index in [1.165, 1.54) is 16.9 Å². The number of hydrogen-bond donors (Lipinski definition) is 1. The van der Waals surface area contributed by atoms with E-state index in [0.717, 1.165) is 16.9 Å². The predicted molar refractivity (Wildman–Crippen MR) is 120 cm³/mol. The zero-order valence-electron chi connectivity index (χ0n) is 17.6. The molecule has 2 aromatic heterocycles. The molecule has 0 saturated carbocycles. The monoisotopic (exact) mass is 453 g/mol. The molecule has 4 rings (SSSR count). The summed E-state index contributed by atoms with van der Waals surface area (Å²) in [5.74, 6) is 0.580. The van der Waals surface area contributed by atoms with Crippen LogP contribution in [0.2, 0.25) is 5.02 Å². The number of furan rings is 1. The fraction of sp³-hybridized carbons (Fsp3) is 0.167. The summed E-state index contributed by atoms with van der Waals surface area (Å²) in [6, 6.07) is 13.7. The maximum Gasteiger partial charge on any atom is 0.291 e. The molecule has 0 aliphatic rings. The zero-order valence-corrected chi connectivity index (χ0v) is 18.3. The Balaban J connectivity index is 1.36. The van der Waals surface area contributed by atoms with Gasteiger partial charge in [0.25, 0.3) is 5.91 Å². The van der Waals surface area contributed by atoms with E-state index in [9.17, 15) is 9.18 Å². The van der Waals surface area contributed by atoms with E-state index in [1.807, 2.05) is 26.0 Å². The highest BCUT2D eigenvalue weighted by molar-refractivity contribution is 6.31. The average Bonchev–Trinajstić information content (AvgIpc) is 3.38. The van der Waals surface area contributed by atoms with Crippen LogP contribution >= 0.6 is 11.6 Å². The lowest BCUT2D eigenvalue weighted by Crippen LogP contribution is -2.10. The first-order valence-electron chi connectivity index (χ1n) is 9.94. The molecule has 6 nitrogen and oxygen atoms in total. The van der Waals surface area contributed by atoms with E-state index in [0.29, 0.717) is 22.0 Å². The number of rotatable bonds is 7. The Hall–Kier alpha value is -3.58. The maximum atomic E-state index is 14.0. The van der Waals surface area contributed by atoms with Gasteiger partial charge in [0.2, 0.25) is 0 Å². The Bertz CT molecular complexity index is 1220. The Kier molecular flexibility index (Phi) is 6.28. The van der Waals surface area contributed by atoms with Crippen LogP contribution in [-0.4, -0.2) is 15.7 Å². The quantitative estimate of drug-likeness (QED) is 0.386. The molecule has 0 aliphatic carbocycles. The van der Waals surface area contributed by atoms with E-state index in [-0.39, 0.29) is 18.9 Å². The van der Waals surface area contributed by atoms with Gasteiger partial charge in [0.05, 0.1) is 18.4 Å². The summed E-state index contributed by atoms with van der Waals surface area (Å²) in [6.07, 6.45) is 3.06. The standard InChI is InChI=1S/C24H21ClFN3O3/c1-15-8-16(2)10-19(9-15)31-14-18-6-7-23(32-18)24(30)28-17-11-27-29(12-17)13-20-21(25)4-3-5-22(20)26/h3-12H,13-14H2,1-2H3,(H,28,30). The highest BCUT2D eigenvalue weighted by Crippen LogP contribution is 2.21. The molecule has 8 heteroatoms.